The van der Waals surface area contributed by atoms with Gasteiger partial charge in [0.2, 0.25) is 0 Å². The molecule has 1 rings (SSSR count). The summed E-state index contributed by atoms with van der Waals surface area (Å²) in [6.07, 6.45) is 0.750. The molecule has 0 spiro atoms. The minimum Gasteiger partial charge on any atom is -0.478 e. The first-order valence-electron chi connectivity index (χ1n) is 5.98. The van der Waals surface area contributed by atoms with Gasteiger partial charge in [0.05, 0.1) is 6.61 Å². The van der Waals surface area contributed by atoms with Crippen molar-refractivity contribution in [3.8, 4) is 5.75 Å². The van der Waals surface area contributed by atoms with E-state index in [2.05, 4.69) is 5.32 Å². The first-order chi connectivity index (χ1) is 8.97. The minimum absolute atomic E-state index is 0.0254. The zero-order chi connectivity index (χ0) is 14.4. The van der Waals surface area contributed by atoms with Crippen LogP contribution < -0.4 is 10.1 Å². The zero-order valence-corrected chi connectivity index (χ0v) is 10.9. The number of aliphatic hydroxyl groups excluding tert-OH is 1. The Kier molecular flexibility index (Phi) is 5.69. The van der Waals surface area contributed by atoms with Gasteiger partial charge in [0.15, 0.2) is 24.0 Å². The van der Waals surface area contributed by atoms with Crippen molar-refractivity contribution in [3.05, 3.63) is 29.3 Å². The van der Waals surface area contributed by atoms with Crippen molar-refractivity contribution in [1.82, 2.24) is 5.32 Å². The number of carbonyl (C=O) groups is 1. The predicted molar refractivity (Wildman–Crippen MR) is 65.7 cm³/mol. The SMILES string of the molecule is CCC(C)NC(=O)COc1c(F)cc(CO)cc1F. The molecule has 106 valence electrons. The van der Waals surface area contributed by atoms with Crippen LogP contribution in [-0.4, -0.2) is 23.7 Å². The van der Waals surface area contributed by atoms with Crippen molar-refractivity contribution in [2.75, 3.05) is 6.61 Å². The normalized spacial score (nSPS) is 12.1. The van der Waals surface area contributed by atoms with E-state index in [1.165, 1.54) is 0 Å². The van der Waals surface area contributed by atoms with E-state index in [1.54, 1.807) is 0 Å². The van der Waals surface area contributed by atoms with Gasteiger partial charge in [-0.15, -0.1) is 0 Å². The molecular weight excluding hydrogens is 256 g/mol. The van der Waals surface area contributed by atoms with Gasteiger partial charge < -0.3 is 15.2 Å². The Morgan fingerprint density at radius 1 is 1.42 bits per heavy atom. The van der Waals surface area contributed by atoms with Crippen LogP contribution in [0, 0.1) is 11.6 Å². The summed E-state index contributed by atoms with van der Waals surface area (Å²) in [6, 6.07) is 1.90. The van der Waals surface area contributed by atoms with Gasteiger partial charge in [-0.1, -0.05) is 6.92 Å². The van der Waals surface area contributed by atoms with Crippen LogP contribution in [0.15, 0.2) is 12.1 Å². The molecule has 1 atom stereocenters. The number of hydrogen-bond acceptors (Lipinski definition) is 3. The Labute approximate surface area is 110 Å². The lowest BCUT2D eigenvalue weighted by atomic mass is 10.2. The van der Waals surface area contributed by atoms with E-state index in [4.69, 9.17) is 9.84 Å². The van der Waals surface area contributed by atoms with Gasteiger partial charge in [0, 0.05) is 6.04 Å². The molecule has 1 unspecified atom stereocenters. The van der Waals surface area contributed by atoms with Gasteiger partial charge >= 0.3 is 0 Å². The van der Waals surface area contributed by atoms with Crippen LogP contribution in [-0.2, 0) is 11.4 Å². The summed E-state index contributed by atoms with van der Waals surface area (Å²) in [5, 5.41) is 11.4. The number of hydrogen-bond donors (Lipinski definition) is 2. The molecule has 1 aromatic rings. The summed E-state index contributed by atoms with van der Waals surface area (Å²) in [5.41, 5.74) is 0.103. The Morgan fingerprint density at radius 2 is 2.00 bits per heavy atom. The summed E-state index contributed by atoms with van der Waals surface area (Å²) in [7, 11) is 0. The highest BCUT2D eigenvalue weighted by atomic mass is 19.1. The molecular formula is C13H17F2NO3. The monoisotopic (exact) mass is 273 g/mol. The van der Waals surface area contributed by atoms with E-state index in [9.17, 15) is 13.6 Å². The fourth-order valence-corrected chi connectivity index (χ4v) is 1.40. The highest BCUT2D eigenvalue weighted by molar-refractivity contribution is 5.77. The highest BCUT2D eigenvalue weighted by Crippen LogP contribution is 2.23. The molecule has 0 saturated carbocycles. The van der Waals surface area contributed by atoms with E-state index in [0.29, 0.717) is 0 Å². The number of carbonyl (C=O) groups excluding carboxylic acids is 1. The summed E-state index contributed by atoms with van der Waals surface area (Å²) >= 11 is 0. The lowest BCUT2D eigenvalue weighted by Gasteiger charge is -2.13. The molecule has 0 saturated heterocycles. The Bertz CT molecular complexity index is 429. The molecule has 0 fully saturated rings. The van der Waals surface area contributed by atoms with Gasteiger partial charge in [-0.25, -0.2) is 8.78 Å². The second-order valence-electron chi connectivity index (χ2n) is 4.21. The first kappa shape index (κ1) is 15.4. The summed E-state index contributed by atoms with van der Waals surface area (Å²) < 4.78 is 31.8. The summed E-state index contributed by atoms with van der Waals surface area (Å²) in [5.74, 6) is -2.95. The molecule has 6 heteroatoms. The number of ether oxygens (including phenoxy) is 1. The van der Waals surface area contributed by atoms with E-state index in [-0.39, 0.29) is 11.6 Å². The Balaban J connectivity index is 2.65. The fourth-order valence-electron chi connectivity index (χ4n) is 1.40. The number of nitrogens with one attached hydrogen (secondary N) is 1. The van der Waals surface area contributed by atoms with Crippen LogP contribution in [0.3, 0.4) is 0 Å². The largest absolute Gasteiger partial charge is 0.478 e. The molecule has 2 N–H and O–H groups in total. The van der Waals surface area contributed by atoms with Crippen LogP contribution in [0.5, 0.6) is 5.75 Å². The van der Waals surface area contributed by atoms with Crippen LogP contribution in [0.25, 0.3) is 0 Å². The number of benzene rings is 1. The zero-order valence-electron chi connectivity index (χ0n) is 10.9. The van der Waals surface area contributed by atoms with E-state index in [0.717, 1.165) is 18.6 Å². The van der Waals surface area contributed by atoms with E-state index in [1.807, 2.05) is 13.8 Å². The summed E-state index contributed by atoms with van der Waals surface area (Å²) in [6.45, 7) is 2.78. The molecule has 0 aliphatic rings. The number of aliphatic hydroxyl groups is 1. The molecule has 19 heavy (non-hydrogen) atoms. The molecule has 0 heterocycles. The van der Waals surface area contributed by atoms with Crippen LogP contribution in [0.1, 0.15) is 25.8 Å². The van der Waals surface area contributed by atoms with Crippen LogP contribution >= 0.6 is 0 Å². The average Bonchev–Trinajstić information content (AvgIpc) is 2.37. The van der Waals surface area contributed by atoms with Crippen molar-refractivity contribution in [1.29, 1.82) is 0 Å². The van der Waals surface area contributed by atoms with E-state index >= 15 is 0 Å². The predicted octanol–water partition coefficient (Wildman–Crippen LogP) is 1.75. The molecule has 4 nitrogen and oxygen atoms in total. The maximum Gasteiger partial charge on any atom is 0.258 e. The molecule has 0 bridgehead atoms. The number of halogens is 2. The molecule has 0 aliphatic carbocycles. The van der Waals surface area contributed by atoms with Crippen molar-refractivity contribution in [2.24, 2.45) is 0 Å². The lowest BCUT2D eigenvalue weighted by Crippen LogP contribution is -2.35. The Morgan fingerprint density at radius 3 is 2.47 bits per heavy atom. The second kappa shape index (κ2) is 7.04. The third-order valence-electron chi connectivity index (χ3n) is 2.61. The highest BCUT2D eigenvalue weighted by Gasteiger charge is 2.14. The van der Waals surface area contributed by atoms with Gasteiger partial charge in [-0.2, -0.15) is 0 Å². The standard InChI is InChI=1S/C13H17F2NO3/c1-3-8(2)16-12(18)7-19-13-10(14)4-9(6-17)5-11(13)15/h4-5,8,17H,3,6-7H2,1-2H3,(H,16,18). The Hall–Kier alpha value is -1.69. The topological polar surface area (TPSA) is 58.6 Å². The third-order valence-corrected chi connectivity index (χ3v) is 2.61. The molecule has 1 amide bonds. The quantitative estimate of drug-likeness (QED) is 0.830. The van der Waals surface area contributed by atoms with Crippen molar-refractivity contribution < 1.29 is 23.4 Å². The maximum atomic E-state index is 13.5. The van der Waals surface area contributed by atoms with Crippen LogP contribution in [0.2, 0.25) is 0 Å². The molecule has 0 aliphatic heterocycles. The molecule has 0 radical (unpaired) electrons. The van der Waals surface area contributed by atoms with Crippen LogP contribution in [0.4, 0.5) is 8.78 Å². The van der Waals surface area contributed by atoms with Gasteiger partial charge in [-0.05, 0) is 31.0 Å². The smallest absolute Gasteiger partial charge is 0.258 e. The average molecular weight is 273 g/mol. The van der Waals surface area contributed by atoms with Crippen molar-refractivity contribution in [3.63, 3.8) is 0 Å². The first-order valence-corrected chi connectivity index (χ1v) is 5.98. The van der Waals surface area contributed by atoms with E-state index < -0.39 is 36.5 Å². The fraction of sp³-hybridized carbons (Fsp3) is 0.462. The van der Waals surface area contributed by atoms with Crippen molar-refractivity contribution >= 4 is 5.91 Å². The minimum atomic E-state index is -0.944. The van der Waals surface area contributed by atoms with Crippen molar-refractivity contribution in [2.45, 2.75) is 32.9 Å². The lowest BCUT2D eigenvalue weighted by molar-refractivity contribution is -0.123. The molecule has 1 aromatic carbocycles. The third kappa shape index (κ3) is 4.48. The van der Waals surface area contributed by atoms with Gasteiger partial charge in [0.1, 0.15) is 0 Å². The number of rotatable bonds is 6. The second-order valence-corrected chi connectivity index (χ2v) is 4.21. The number of amides is 1. The van der Waals surface area contributed by atoms with Gasteiger partial charge in [-0.3, -0.25) is 4.79 Å². The molecule has 0 aromatic heterocycles. The summed E-state index contributed by atoms with van der Waals surface area (Å²) in [4.78, 5) is 11.4. The van der Waals surface area contributed by atoms with Gasteiger partial charge in [0.25, 0.3) is 5.91 Å². The maximum absolute atomic E-state index is 13.5.